The second-order valence-corrected chi connectivity index (χ2v) is 8.53. The van der Waals surface area contributed by atoms with Crippen molar-refractivity contribution in [3.8, 4) is 0 Å². The standard InChI is InChI=1S/C10H15N5O11P2.Na/c11-10-13-7-4(8(18)14-10)12-2-15(7)9-6(17)5(16)3(25-9)1-24-28(22,23)26-27(19,20)21;/h2-6,9,16-17H,1H2,(H,22,23)(H2,11,14,18)(H2,19,20,21);/q;+1/p-1. The molecule has 0 aromatic rings. The molecular weight excluding hydrogens is 451 g/mol. The van der Waals surface area contributed by atoms with E-state index in [0.717, 1.165) is 11.2 Å². The molecule has 3 aliphatic rings. The van der Waals surface area contributed by atoms with Gasteiger partial charge in [0.15, 0.2) is 18.1 Å². The van der Waals surface area contributed by atoms with E-state index in [-0.39, 0.29) is 35.4 Å². The van der Waals surface area contributed by atoms with Crippen molar-refractivity contribution in [2.24, 2.45) is 9.98 Å². The Hall–Kier alpha value is -0.580. The van der Waals surface area contributed by atoms with E-state index < -0.39 is 64.7 Å². The van der Waals surface area contributed by atoms with Gasteiger partial charge in [-0.15, -0.1) is 0 Å². The molecular formula is C10H14N5NaO11P2. The van der Waals surface area contributed by atoms with Gasteiger partial charge in [-0.25, -0.2) is 8.88 Å². The average molecular weight is 465 g/mol. The van der Waals surface area contributed by atoms with Gasteiger partial charge >= 0.3 is 37.4 Å². The molecule has 1 amide bonds. The first-order valence-electron chi connectivity index (χ1n) is 7.42. The third kappa shape index (κ3) is 5.57. The number of fused-ring (bicyclic) bond motifs is 1. The Morgan fingerprint density at radius 1 is 1.34 bits per heavy atom. The van der Waals surface area contributed by atoms with Gasteiger partial charge in [0.2, 0.25) is 5.96 Å². The van der Waals surface area contributed by atoms with Crippen LogP contribution in [0, 0.1) is 5.41 Å². The topological polar surface area (TPSA) is 247 Å². The zero-order valence-corrected chi connectivity index (χ0v) is 18.3. The van der Waals surface area contributed by atoms with Crippen LogP contribution in [0.3, 0.4) is 0 Å². The van der Waals surface area contributed by atoms with Gasteiger partial charge in [-0.2, -0.15) is 4.99 Å². The molecule has 7 atom stereocenters. The fraction of sp³-hybridized carbons (Fsp3) is 0.600. The number of ether oxygens (including phenoxy) is 1. The maximum Gasteiger partial charge on any atom is 1.00 e. The number of aliphatic hydroxyl groups is 2. The van der Waals surface area contributed by atoms with Crippen LogP contribution in [0.2, 0.25) is 0 Å². The first kappa shape index (κ1) is 24.7. The normalized spacial score (nSPS) is 35.3. The van der Waals surface area contributed by atoms with Gasteiger partial charge in [0.25, 0.3) is 13.7 Å². The number of hydrogen-bond acceptors (Lipinski definition) is 12. The zero-order valence-electron chi connectivity index (χ0n) is 14.6. The van der Waals surface area contributed by atoms with E-state index in [1.54, 1.807) is 0 Å². The van der Waals surface area contributed by atoms with Crippen LogP contribution in [0.5, 0.6) is 0 Å². The number of aliphatic hydroxyl groups excluding tert-OH is 2. The number of phosphoric ester groups is 1. The SMILES string of the molecule is N=C1N=C2C(N=CN2C2OC(COP(=O)(O)OP(=O)([O-])O)C(O)C2O)C(=O)N1.[Na+]. The summed E-state index contributed by atoms with van der Waals surface area (Å²) in [7, 11) is -10.8. The van der Waals surface area contributed by atoms with Gasteiger partial charge in [0.1, 0.15) is 18.3 Å². The first-order valence-corrected chi connectivity index (χ1v) is 10.4. The van der Waals surface area contributed by atoms with Crippen molar-refractivity contribution < 1.29 is 81.9 Å². The molecule has 29 heavy (non-hydrogen) atoms. The molecule has 3 aliphatic heterocycles. The van der Waals surface area contributed by atoms with Crippen LogP contribution < -0.4 is 39.8 Å². The van der Waals surface area contributed by atoms with Gasteiger partial charge < -0.3 is 29.6 Å². The van der Waals surface area contributed by atoms with Crippen molar-refractivity contribution in [1.29, 1.82) is 5.41 Å². The van der Waals surface area contributed by atoms with Gasteiger partial charge in [0.05, 0.1) is 12.9 Å². The van der Waals surface area contributed by atoms with Gasteiger partial charge in [-0.1, -0.05) is 0 Å². The number of carbonyl (C=O) groups excluding carboxylic acids is 1. The molecule has 0 aliphatic carbocycles. The summed E-state index contributed by atoms with van der Waals surface area (Å²) >= 11 is 0. The quantitative estimate of drug-likeness (QED) is 0.158. The summed E-state index contributed by atoms with van der Waals surface area (Å²) in [6.07, 6.45) is -4.97. The van der Waals surface area contributed by atoms with Crippen molar-refractivity contribution in [3.63, 3.8) is 0 Å². The number of aliphatic imine (C=N–C) groups is 2. The number of carbonyl (C=O) groups is 1. The Labute approximate surface area is 184 Å². The predicted molar refractivity (Wildman–Crippen MR) is 84.8 cm³/mol. The molecule has 0 spiro atoms. The molecule has 0 aromatic carbocycles. The molecule has 1 fully saturated rings. The van der Waals surface area contributed by atoms with Crippen molar-refractivity contribution in [2.75, 3.05) is 6.61 Å². The van der Waals surface area contributed by atoms with Crippen LogP contribution >= 0.6 is 15.6 Å². The largest absolute Gasteiger partial charge is 1.00 e. The summed E-state index contributed by atoms with van der Waals surface area (Å²) in [5.74, 6) is -1.15. The molecule has 3 rings (SSSR count). The number of phosphoric acid groups is 2. The Balaban J connectivity index is 0.00000300. The number of guanidine groups is 1. The minimum atomic E-state index is -5.57. The summed E-state index contributed by atoms with van der Waals surface area (Å²) in [4.78, 5) is 48.7. The van der Waals surface area contributed by atoms with E-state index in [1.807, 2.05) is 0 Å². The van der Waals surface area contributed by atoms with E-state index in [4.69, 9.17) is 15.0 Å². The molecule has 0 bridgehead atoms. The first-order chi connectivity index (χ1) is 12.9. The van der Waals surface area contributed by atoms with E-state index in [2.05, 4.69) is 24.1 Å². The van der Waals surface area contributed by atoms with Gasteiger partial charge in [-0.05, 0) is 0 Å². The van der Waals surface area contributed by atoms with Crippen LogP contribution in [-0.2, 0) is 27.5 Å². The molecule has 0 saturated carbocycles. The Morgan fingerprint density at radius 2 is 2.00 bits per heavy atom. The number of amidine groups is 1. The maximum absolute atomic E-state index is 11.8. The molecule has 7 unspecified atom stereocenters. The summed E-state index contributed by atoms with van der Waals surface area (Å²) in [5, 5.41) is 29.8. The van der Waals surface area contributed by atoms with E-state index in [1.165, 1.54) is 0 Å². The Bertz CT molecular complexity index is 848. The van der Waals surface area contributed by atoms with Crippen LogP contribution in [-0.4, -0.2) is 86.1 Å². The van der Waals surface area contributed by atoms with E-state index >= 15 is 0 Å². The molecule has 6 N–H and O–H groups in total. The number of nitrogens with one attached hydrogen (secondary N) is 2. The Morgan fingerprint density at radius 3 is 2.62 bits per heavy atom. The third-order valence-electron chi connectivity index (χ3n) is 3.79. The Kier molecular flexibility index (Phi) is 7.56. The number of hydrogen-bond donors (Lipinski definition) is 6. The number of rotatable bonds is 6. The van der Waals surface area contributed by atoms with Crippen molar-refractivity contribution in [3.05, 3.63) is 0 Å². The second-order valence-electron chi connectivity index (χ2n) is 5.74. The minimum Gasteiger partial charge on any atom is -0.756 e. The second kappa shape index (κ2) is 8.88. The van der Waals surface area contributed by atoms with E-state index in [9.17, 15) is 33.9 Å². The number of nitrogens with zero attached hydrogens (tertiary/aromatic N) is 3. The summed E-state index contributed by atoms with van der Waals surface area (Å²) < 4.78 is 35.1. The smallest absolute Gasteiger partial charge is 0.756 e. The molecule has 0 aromatic heterocycles. The molecule has 19 heteroatoms. The average Bonchev–Trinajstić information content (AvgIpc) is 3.06. The molecule has 156 valence electrons. The molecule has 1 saturated heterocycles. The maximum atomic E-state index is 11.8. The number of amides is 1. The zero-order chi connectivity index (χ0) is 20.9. The van der Waals surface area contributed by atoms with Crippen LogP contribution in [0.4, 0.5) is 0 Å². The van der Waals surface area contributed by atoms with Crippen molar-refractivity contribution in [2.45, 2.75) is 30.6 Å². The van der Waals surface area contributed by atoms with Crippen LogP contribution in [0.15, 0.2) is 9.98 Å². The fourth-order valence-corrected chi connectivity index (χ4v) is 4.22. The molecule has 3 heterocycles. The van der Waals surface area contributed by atoms with Gasteiger partial charge in [0, 0.05) is 0 Å². The van der Waals surface area contributed by atoms with E-state index in [0.29, 0.717) is 0 Å². The minimum absolute atomic E-state index is 0. The molecule has 0 radical (unpaired) electrons. The summed E-state index contributed by atoms with van der Waals surface area (Å²) in [6.45, 7) is -0.903. The van der Waals surface area contributed by atoms with Crippen molar-refractivity contribution in [1.82, 2.24) is 10.2 Å². The molecule has 16 nitrogen and oxygen atoms in total. The van der Waals surface area contributed by atoms with Crippen molar-refractivity contribution >= 4 is 39.7 Å². The summed E-state index contributed by atoms with van der Waals surface area (Å²) in [6, 6.07) is -1.08. The van der Waals surface area contributed by atoms with Crippen LogP contribution in [0.25, 0.3) is 0 Å². The third-order valence-corrected chi connectivity index (χ3v) is 5.91. The summed E-state index contributed by atoms with van der Waals surface area (Å²) in [5.41, 5.74) is 0. The predicted octanol–water partition coefficient (Wildman–Crippen LogP) is -6.79. The monoisotopic (exact) mass is 465 g/mol. The fourth-order valence-electron chi connectivity index (χ4n) is 2.65. The van der Waals surface area contributed by atoms with Gasteiger partial charge in [-0.3, -0.25) is 34.5 Å². The van der Waals surface area contributed by atoms with Crippen LogP contribution in [0.1, 0.15) is 0 Å².